The van der Waals surface area contributed by atoms with Crippen LogP contribution in [0.2, 0.25) is 0 Å². The Hall–Kier alpha value is -4.71. The van der Waals surface area contributed by atoms with Crippen molar-refractivity contribution in [3.05, 3.63) is 84.0 Å². The summed E-state index contributed by atoms with van der Waals surface area (Å²) in [5.41, 5.74) is 1.67. The van der Waals surface area contributed by atoms with E-state index in [4.69, 9.17) is 14.7 Å². The summed E-state index contributed by atoms with van der Waals surface area (Å²) < 4.78 is 20.5. The van der Waals surface area contributed by atoms with E-state index in [-0.39, 0.29) is 17.9 Å². The molecule has 0 bridgehead atoms. The van der Waals surface area contributed by atoms with Gasteiger partial charge in [-0.05, 0) is 63.3 Å². The minimum absolute atomic E-state index is 0.0773. The van der Waals surface area contributed by atoms with E-state index in [9.17, 15) is 9.18 Å². The van der Waals surface area contributed by atoms with Crippen molar-refractivity contribution in [3.8, 4) is 5.82 Å². The van der Waals surface area contributed by atoms with Gasteiger partial charge in [0.2, 0.25) is 0 Å². The summed E-state index contributed by atoms with van der Waals surface area (Å²) in [7, 11) is 1.59. The number of carbonyl (C=O) groups excluding carboxylic acids is 1. The fourth-order valence-electron chi connectivity index (χ4n) is 5.47. The van der Waals surface area contributed by atoms with E-state index < -0.39 is 11.4 Å². The zero-order valence-corrected chi connectivity index (χ0v) is 23.6. The number of anilines is 2. The van der Waals surface area contributed by atoms with Crippen LogP contribution in [0.5, 0.6) is 0 Å². The van der Waals surface area contributed by atoms with Crippen LogP contribution in [-0.4, -0.2) is 53.5 Å². The van der Waals surface area contributed by atoms with E-state index in [1.54, 1.807) is 19.4 Å². The Morgan fingerprint density at radius 2 is 1.98 bits per heavy atom. The zero-order valence-electron chi connectivity index (χ0n) is 23.6. The van der Waals surface area contributed by atoms with E-state index >= 15 is 0 Å². The number of carbonyl (C=O) groups is 1. The van der Waals surface area contributed by atoms with Crippen LogP contribution in [0.15, 0.2) is 61.1 Å². The molecule has 3 N–H and O–H groups in total. The number of aromatic nitrogens is 7. The minimum atomic E-state index is -0.949. The maximum absolute atomic E-state index is 13.5. The molecule has 11 nitrogen and oxygen atoms in total. The molecule has 0 unspecified atom stereocenters. The Kier molecular flexibility index (Phi) is 7.38. The third-order valence-corrected chi connectivity index (χ3v) is 7.94. The molecule has 1 aromatic carbocycles. The normalized spacial score (nSPS) is 19.5. The molecule has 1 atom stereocenters. The predicted molar refractivity (Wildman–Crippen MR) is 155 cm³/mol. The number of benzene rings is 1. The predicted octanol–water partition coefficient (Wildman–Crippen LogP) is 5.04. The number of para-hydroxylation sites is 1. The number of halogens is 1. The van der Waals surface area contributed by atoms with Gasteiger partial charge < -0.3 is 15.4 Å². The highest BCUT2D eigenvalue weighted by molar-refractivity contribution is 5.90. The quantitative estimate of drug-likeness (QED) is 0.236. The first-order valence-electron chi connectivity index (χ1n) is 13.9. The van der Waals surface area contributed by atoms with Crippen molar-refractivity contribution in [2.24, 2.45) is 0 Å². The average Bonchev–Trinajstić information content (AvgIpc) is 3.64. The number of hydrogen-bond donors (Lipinski definition) is 3. The van der Waals surface area contributed by atoms with Crippen molar-refractivity contribution in [1.82, 2.24) is 40.2 Å². The lowest BCUT2D eigenvalue weighted by Gasteiger charge is -2.38. The number of hydrogen-bond acceptors (Lipinski definition) is 8. The molecule has 12 heteroatoms. The Labute approximate surface area is 241 Å². The number of fused-ring (bicyclic) bond motifs is 1. The van der Waals surface area contributed by atoms with Crippen LogP contribution in [0.3, 0.4) is 0 Å². The molecular weight excluding hydrogens is 537 g/mol. The standard InChI is InChI=1S/C30H32FN9O2/c1-18-14-25(39-38-18)36-28-23-6-4-5-7-24(23)35-27(37-28)20-10-12-30(42-3,13-11-20)29(41)34-19(2)21-8-9-26(32-15-21)40-17-22(31)16-33-40/h4-9,14-17,19-20H,10-13H2,1-3H3,(H,34,41)(H2,35,36,37,38,39)/t19-,20-,30-/m0/s1. The van der Waals surface area contributed by atoms with Crippen molar-refractivity contribution in [2.75, 3.05) is 12.4 Å². The van der Waals surface area contributed by atoms with Gasteiger partial charge in [-0.3, -0.25) is 9.89 Å². The number of rotatable bonds is 8. The largest absolute Gasteiger partial charge is 0.368 e. The van der Waals surface area contributed by atoms with Crippen molar-refractivity contribution in [2.45, 2.75) is 57.1 Å². The number of pyridine rings is 1. The molecule has 42 heavy (non-hydrogen) atoms. The van der Waals surface area contributed by atoms with Crippen LogP contribution in [-0.2, 0) is 9.53 Å². The molecule has 0 aliphatic heterocycles. The van der Waals surface area contributed by atoms with Gasteiger partial charge in [-0.2, -0.15) is 10.2 Å². The number of methoxy groups -OCH3 is 1. The van der Waals surface area contributed by atoms with Crippen LogP contribution in [0.4, 0.5) is 16.0 Å². The number of nitrogens with zero attached hydrogens (tertiary/aromatic N) is 6. The molecule has 1 aliphatic rings. The second kappa shape index (κ2) is 11.3. The SMILES string of the molecule is CO[C@]1(C(=O)N[C@@H](C)c2ccc(-n3cc(F)cn3)nc2)CC[C@@H](c2nc(Nc3cc(C)[nH]n3)c3ccccc3n2)CC1. The maximum Gasteiger partial charge on any atom is 0.252 e. The van der Waals surface area contributed by atoms with E-state index in [1.165, 1.54) is 10.9 Å². The lowest BCUT2D eigenvalue weighted by atomic mass is 9.77. The number of aryl methyl sites for hydroxylation is 1. The molecule has 4 aromatic heterocycles. The highest BCUT2D eigenvalue weighted by Crippen LogP contribution is 2.40. The Bertz CT molecular complexity index is 1710. The van der Waals surface area contributed by atoms with E-state index in [1.807, 2.05) is 50.2 Å². The van der Waals surface area contributed by atoms with Crippen LogP contribution in [0.1, 0.15) is 61.6 Å². The molecule has 216 valence electrons. The second-order valence-electron chi connectivity index (χ2n) is 10.7. The van der Waals surface area contributed by atoms with Crippen LogP contribution >= 0.6 is 0 Å². The smallest absolute Gasteiger partial charge is 0.252 e. The molecule has 1 fully saturated rings. The van der Waals surface area contributed by atoms with Gasteiger partial charge in [0.25, 0.3) is 5.91 Å². The third kappa shape index (κ3) is 5.45. The summed E-state index contributed by atoms with van der Waals surface area (Å²) in [5.74, 6) is 2.10. The lowest BCUT2D eigenvalue weighted by Crippen LogP contribution is -2.50. The molecule has 4 heterocycles. The van der Waals surface area contributed by atoms with E-state index in [2.05, 4.69) is 30.9 Å². The summed E-state index contributed by atoms with van der Waals surface area (Å²) in [6.45, 7) is 3.84. The summed E-state index contributed by atoms with van der Waals surface area (Å²) in [6.07, 6.45) is 6.51. The first-order chi connectivity index (χ1) is 20.3. The molecule has 0 radical (unpaired) electrons. The van der Waals surface area contributed by atoms with Gasteiger partial charge in [0.15, 0.2) is 17.5 Å². The van der Waals surface area contributed by atoms with Gasteiger partial charge in [0.1, 0.15) is 17.2 Å². The summed E-state index contributed by atoms with van der Waals surface area (Å²) >= 11 is 0. The van der Waals surface area contributed by atoms with Crippen LogP contribution in [0, 0.1) is 12.7 Å². The molecule has 0 saturated heterocycles. The zero-order chi connectivity index (χ0) is 29.3. The summed E-state index contributed by atoms with van der Waals surface area (Å²) in [4.78, 5) is 27.7. The van der Waals surface area contributed by atoms with Crippen molar-refractivity contribution >= 4 is 28.4 Å². The second-order valence-corrected chi connectivity index (χ2v) is 10.7. The highest BCUT2D eigenvalue weighted by atomic mass is 19.1. The molecule has 1 aliphatic carbocycles. The van der Waals surface area contributed by atoms with E-state index in [0.29, 0.717) is 43.1 Å². The van der Waals surface area contributed by atoms with Gasteiger partial charge in [0, 0.05) is 36.4 Å². The van der Waals surface area contributed by atoms with Crippen molar-refractivity contribution in [3.63, 3.8) is 0 Å². The molecule has 6 rings (SSSR count). The summed E-state index contributed by atoms with van der Waals surface area (Å²) in [5, 5.41) is 18.5. The van der Waals surface area contributed by atoms with Gasteiger partial charge >= 0.3 is 0 Å². The van der Waals surface area contributed by atoms with Gasteiger partial charge in [-0.25, -0.2) is 24.0 Å². The summed E-state index contributed by atoms with van der Waals surface area (Å²) in [6, 6.07) is 13.1. The highest BCUT2D eigenvalue weighted by Gasteiger charge is 2.43. The molecule has 1 amide bonds. The molecule has 1 saturated carbocycles. The van der Waals surface area contributed by atoms with Crippen molar-refractivity contribution in [1.29, 1.82) is 0 Å². The Morgan fingerprint density at radius 1 is 1.17 bits per heavy atom. The average molecular weight is 570 g/mol. The lowest BCUT2D eigenvalue weighted by molar-refractivity contribution is -0.148. The first kappa shape index (κ1) is 27.5. The van der Waals surface area contributed by atoms with Gasteiger partial charge in [-0.1, -0.05) is 18.2 Å². The monoisotopic (exact) mass is 569 g/mol. The molecule has 5 aromatic rings. The van der Waals surface area contributed by atoms with Crippen molar-refractivity contribution < 1.29 is 13.9 Å². The Morgan fingerprint density at radius 3 is 2.64 bits per heavy atom. The number of amides is 1. The number of H-pyrrole nitrogens is 1. The number of ether oxygens (including phenoxy) is 1. The topological polar surface area (TPSA) is 136 Å². The molecular formula is C30H32FN9O2. The maximum atomic E-state index is 13.5. The minimum Gasteiger partial charge on any atom is -0.368 e. The van der Waals surface area contributed by atoms with Gasteiger partial charge in [-0.15, -0.1) is 0 Å². The fourth-order valence-corrected chi connectivity index (χ4v) is 5.47. The fraction of sp³-hybridized carbons (Fsp3) is 0.333. The molecule has 0 spiro atoms. The van der Waals surface area contributed by atoms with Gasteiger partial charge in [0.05, 0.1) is 24.0 Å². The number of aromatic amines is 1. The first-order valence-corrected chi connectivity index (χ1v) is 13.9. The Balaban J connectivity index is 1.14. The third-order valence-electron chi connectivity index (χ3n) is 7.94. The van der Waals surface area contributed by atoms with Crippen LogP contribution < -0.4 is 10.6 Å². The van der Waals surface area contributed by atoms with Crippen LogP contribution in [0.25, 0.3) is 16.7 Å². The van der Waals surface area contributed by atoms with E-state index in [0.717, 1.165) is 34.2 Å². The number of nitrogens with one attached hydrogen (secondary N) is 3.